The fourth-order valence-corrected chi connectivity index (χ4v) is 3.58. The van der Waals surface area contributed by atoms with Crippen molar-refractivity contribution >= 4 is 17.7 Å². The molecule has 0 radical (unpaired) electrons. The van der Waals surface area contributed by atoms with Gasteiger partial charge in [-0.1, -0.05) is 82.9 Å². The quantitative estimate of drug-likeness (QED) is 0.299. The van der Waals surface area contributed by atoms with E-state index in [2.05, 4.69) is 12.2 Å². The van der Waals surface area contributed by atoms with Gasteiger partial charge in [0.05, 0.1) is 0 Å². The molecule has 1 heterocycles. The van der Waals surface area contributed by atoms with E-state index in [9.17, 15) is 14.7 Å². The van der Waals surface area contributed by atoms with Gasteiger partial charge in [0, 0.05) is 17.3 Å². The van der Waals surface area contributed by atoms with Crippen LogP contribution >= 0.6 is 0 Å². The van der Waals surface area contributed by atoms with Crippen LogP contribution in [0.5, 0.6) is 0 Å². The molecule has 0 saturated carbocycles. The number of benzene rings is 1. The molecule has 30 heavy (non-hydrogen) atoms. The summed E-state index contributed by atoms with van der Waals surface area (Å²) in [7, 11) is 0. The molecule has 1 aliphatic rings. The fraction of sp³-hybridized carbons (Fsp3) is 0.583. The van der Waals surface area contributed by atoms with E-state index < -0.39 is 24.5 Å². The number of ether oxygens (including phenoxy) is 2. The molecule has 0 aliphatic carbocycles. The van der Waals surface area contributed by atoms with E-state index in [0.717, 1.165) is 19.3 Å². The molecule has 2 unspecified atom stereocenters. The smallest absolute Gasteiger partial charge is 0.412 e. The van der Waals surface area contributed by atoms with Gasteiger partial charge in [-0.2, -0.15) is 0 Å². The molecule has 6 heteroatoms. The van der Waals surface area contributed by atoms with Crippen LogP contribution in [0.15, 0.2) is 42.0 Å². The Morgan fingerprint density at radius 3 is 2.20 bits per heavy atom. The summed E-state index contributed by atoms with van der Waals surface area (Å²) >= 11 is 0. The topological polar surface area (TPSA) is 84.9 Å². The lowest BCUT2D eigenvalue weighted by Crippen LogP contribution is -2.28. The molecule has 1 aliphatic heterocycles. The zero-order valence-electron chi connectivity index (χ0n) is 18.0. The first-order chi connectivity index (χ1) is 14.6. The number of aliphatic hydroxyl groups excluding tert-OH is 1. The van der Waals surface area contributed by atoms with Crippen molar-refractivity contribution in [1.29, 1.82) is 0 Å². The standard InChI is InChI=1S/C24H35NO5/c1-2-3-4-5-6-7-8-9-10-14-17-21(20-18-22(26)30-23(20)27)29-24(28)25-19-15-12-11-13-16-19/h11-13,15-16,18,21,23,27H,2-10,14,17H2,1H3,(H,25,28). The van der Waals surface area contributed by atoms with Crippen LogP contribution in [0.25, 0.3) is 0 Å². The van der Waals surface area contributed by atoms with Crippen molar-refractivity contribution in [3.63, 3.8) is 0 Å². The van der Waals surface area contributed by atoms with Crippen molar-refractivity contribution in [3.05, 3.63) is 42.0 Å². The number of nitrogens with one attached hydrogen (secondary N) is 1. The van der Waals surface area contributed by atoms with Gasteiger partial charge in [0.15, 0.2) is 0 Å². The summed E-state index contributed by atoms with van der Waals surface area (Å²) < 4.78 is 10.3. The zero-order chi connectivity index (χ0) is 21.6. The largest absolute Gasteiger partial charge is 0.441 e. The molecule has 6 nitrogen and oxygen atoms in total. The molecular weight excluding hydrogens is 382 g/mol. The number of hydrogen-bond donors (Lipinski definition) is 2. The average molecular weight is 418 g/mol. The molecule has 0 spiro atoms. The van der Waals surface area contributed by atoms with Crippen molar-refractivity contribution in [2.24, 2.45) is 0 Å². The summed E-state index contributed by atoms with van der Waals surface area (Å²) in [4.78, 5) is 23.8. The Morgan fingerprint density at radius 2 is 1.63 bits per heavy atom. The van der Waals surface area contributed by atoms with Gasteiger partial charge in [-0.05, 0) is 25.0 Å². The molecule has 1 aromatic rings. The van der Waals surface area contributed by atoms with Crippen molar-refractivity contribution in [2.45, 2.75) is 89.9 Å². The summed E-state index contributed by atoms with van der Waals surface area (Å²) in [5, 5.41) is 12.6. The van der Waals surface area contributed by atoms with E-state index in [4.69, 9.17) is 9.47 Å². The number of hydrogen-bond acceptors (Lipinski definition) is 5. The van der Waals surface area contributed by atoms with Crippen LogP contribution in [0.1, 0.15) is 77.6 Å². The number of anilines is 1. The Labute approximate surface area is 179 Å². The maximum Gasteiger partial charge on any atom is 0.412 e. The van der Waals surface area contributed by atoms with E-state index in [1.807, 2.05) is 18.2 Å². The van der Waals surface area contributed by atoms with Crippen molar-refractivity contribution < 1.29 is 24.2 Å². The summed E-state index contributed by atoms with van der Waals surface area (Å²) in [6, 6.07) is 9.00. The Hall–Kier alpha value is -2.34. The van der Waals surface area contributed by atoms with Crippen LogP contribution in [-0.2, 0) is 14.3 Å². The lowest BCUT2D eigenvalue weighted by molar-refractivity contribution is -0.151. The van der Waals surface area contributed by atoms with Crippen LogP contribution < -0.4 is 5.32 Å². The normalized spacial score (nSPS) is 16.7. The van der Waals surface area contributed by atoms with Crippen LogP contribution in [0.4, 0.5) is 10.5 Å². The second-order valence-corrected chi connectivity index (χ2v) is 7.79. The van der Waals surface area contributed by atoms with Crippen molar-refractivity contribution in [3.8, 4) is 0 Å². The summed E-state index contributed by atoms with van der Waals surface area (Å²) in [6.45, 7) is 2.23. The van der Waals surface area contributed by atoms with Crippen LogP contribution in [-0.4, -0.2) is 29.6 Å². The highest BCUT2D eigenvalue weighted by atomic mass is 16.6. The van der Waals surface area contributed by atoms with Gasteiger partial charge < -0.3 is 14.6 Å². The van der Waals surface area contributed by atoms with Gasteiger partial charge in [-0.25, -0.2) is 9.59 Å². The molecular formula is C24H35NO5. The van der Waals surface area contributed by atoms with E-state index in [1.165, 1.54) is 51.0 Å². The summed E-state index contributed by atoms with van der Waals surface area (Å²) in [5.41, 5.74) is 0.924. The van der Waals surface area contributed by atoms with Gasteiger partial charge in [0.2, 0.25) is 6.29 Å². The number of carbonyl (C=O) groups is 2. The predicted octanol–water partition coefficient (Wildman–Crippen LogP) is 5.72. The molecule has 2 atom stereocenters. The third kappa shape index (κ3) is 8.99. The second kappa shape index (κ2) is 13.8. The maximum absolute atomic E-state index is 12.3. The monoisotopic (exact) mass is 417 g/mol. The number of para-hydroxylation sites is 1. The van der Waals surface area contributed by atoms with E-state index >= 15 is 0 Å². The molecule has 2 N–H and O–H groups in total. The molecule has 0 bridgehead atoms. The van der Waals surface area contributed by atoms with Gasteiger partial charge >= 0.3 is 12.1 Å². The number of esters is 1. The number of carbonyl (C=O) groups excluding carboxylic acids is 2. The molecule has 166 valence electrons. The van der Waals surface area contributed by atoms with Gasteiger partial charge in [0.25, 0.3) is 0 Å². The van der Waals surface area contributed by atoms with Gasteiger partial charge in [-0.3, -0.25) is 5.32 Å². The highest BCUT2D eigenvalue weighted by Gasteiger charge is 2.32. The highest BCUT2D eigenvalue weighted by Crippen LogP contribution is 2.24. The third-order valence-electron chi connectivity index (χ3n) is 5.26. The minimum Gasteiger partial charge on any atom is -0.441 e. The average Bonchev–Trinajstić information content (AvgIpc) is 3.07. The maximum atomic E-state index is 12.3. The Balaban J connectivity index is 1.75. The van der Waals surface area contributed by atoms with Gasteiger partial charge in [-0.15, -0.1) is 0 Å². The predicted molar refractivity (Wildman–Crippen MR) is 117 cm³/mol. The number of rotatable bonds is 14. The second-order valence-electron chi connectivity index (χ2n) is 7.79. The first-order valence-corrected chi connectivity index (χ1v) is 11.2. The Bertz CT molecular complexity index is 673. The Morgan fingerprint density at radius 1 is 1.03 bits per heavy atom. The van der Waals surface area contributed by atoms with E-state index in [1.54, 1.807) is 12.1 Å². The van der Waals surface area contributed by atoms with Crippen molar-refractivity contribution in [2.75, 3.05) is 5.32 Å². The number of cyclic esters (lactones) is 1. The highest BCUT2D eigenvalue weighted by molar-refractivity contribution is 5.87. The molecule has 0 fully saturated rings. The van der Waals surface area contributed by atoms with Crippen molar-refractivity contribution in [1.82, 2.24) is 0 Å². The van der Waals surface area contributed by atoms with Crippen LogP contribution in [0.2, 0.25) is 0 Å². The number of aliphatic hydroxyl groups is 1. The lowest BCUT2D eigenvalue weighted by atomic mass is 10.0. The first kappa shape index (κ1) is 23.9. The van der Waals surface area contributed by atoms with Gasteiger partial charge in [0.1, 0.15) is 6.10 Å². The molecule has 1 aromatic carbocycles. The zero-order valence-corrected chi connectivity index (χ0v) is 18.0. The number of amides is 1. The Kier molecular flexibility index (Phi) is 11.0. The number of unbranched alkanes of at least 4 members (excludes halogenated alkanes) is 9. The summed E-state index contributed by atoms with van der Waals surface area (Å²) in [6.07, 6.45) is 11.1. The molecule has 0 saturated heterocycles. The summed E-state index contributed by atoms with van der Waals surface area (Å²) in [5.74, 6) is -0.613. The van der Waals surface area contributed by atoms with E-state index in [0.29, 0.717) is 17.7 Å². The molecule has 1 amide bonds. The molecule has 0 aromatic heterocycles. The minimum atomic E-state index is -1.35. The fourth-order valence-electron chi connectivity index (χ4n) is 3.58. The first-order valence-electron chi connectivity index (χ1n) is 11.2. The van der Waals surface area contributed by atoms with E-state index in [-0.39, 0.29) is 0 Å². The minimum absolute atomic E-state index is 0.305. The SMILES string of the molecule is CCCCCCCCCCCCC(OC(=O)Nc1ccccc1)C1=CC(=O)OC1O. The lowest BCUT2D eigenvalue weighted by Gasteiger charge is -2.21. The van der Waals surface area contributed by atoms with Crippen LogP contribution in [0, 0.1) is 0 Å². The third-order valence-corrected chi connectivity index (χ3v) is 5.26. The molecule has 2 rings (SSSR count). The van der Waals surface area contributed by atoms with Crippen LogP contribution in [0.3, 0.4) is 0 Å².